The Balaban J connectivity index is 2.89. The van der Waals surface area contributed by atoms with E-state index in [1.807, 2.05) is 34.6 Å². The molecule has 0 aliphatic carbocycles. The lowest BCUT2D eigenvalue weighted by molar-refractivity contribution is 0.0766. The number of carbonyl (C=O) groups excluding carboxylic acids is 1. The van der Waals surface area contributed by atoms with E-state index in [-0.39, 0.29) is 17.1 Å². The first kappa shape index (κ1) is 14.4. The SMILES string of the molecule is C=C(C)CN(CC)C(=O)c1n[nH]c(C(C)(C)C)n1. The molecule has 18 heavy (non-hydrogen) atoms. The molecule has 0 saturated carbocycles. The fourth-order valence-corrected chi connectivity index (χ4v) is 1.49. The number of aromatic nitrogens is 3. The summed E-state index contributed by atoms with van der Waals surface area (Å²) in [6.45, 7) is 14.9. The van der Waals surface area contributed by atoms with Crippen molar-refractivity contribution in [3.05, 3.63) is 23.8 Å². The van der Waals surface area contributed by atoms with Crippen molar-refractivity contribution in [1.82, 2.24) is 20.1 Å². The van der Waals surface area contributed by atoms with E-state index >= 15 is 0 Å². The van der Waals surface area contributed by atoms with Gasteiger partial charge >= 0.3 is 0 Å². The lowest BCUT2D eigenvalue weighted by Crippen LogP contribution is -2.33. The van der Waals surface area contributed by atoms with E-state index in [9.17, 15) is 4.79 Å². The molecule has 100 valence electrons. The molecule has 0 unspecified atom stereocenters. The van der Waals surface area contributed by atoms with Crippen LogP contribution in [0.15, 0.2) is 12.2 Å². The molecule has 0 aliphatic heterocycles. The molecule has 0 radical (unpaired) electrons. The molecule has 5 heteroatoms. The number of H-pyrrole nitrogens is 1. The van der Waals surface area contributed by atoms with Crippen molar-refractivity contribution in [1.29, 1.82) is 0 Å². The molecule has 1 heterocycles. The normalized spacial score (nSPS) is 11.4. The van der Waals surface area contributed by atoms with Gasteiger partial charge in [-0.15, -0.1) is 5.10 Å². The summed E-state index contributed by atoms with van der Waals surface area (Å²) in [5.74, 6) is 0.785. The van der Waals surface area contributed by atoms with Crippen LogP contribution in [-0.4, -0.2) is 39.1 Å². The third-order valence-electron chi connectivity index (χ3n) is 2.52. The van der Waals surface area contributed by atoms with Crippen molar-refractivity contribution in [2.45, 2.75) is 40.0 Å². The Morgan fingerprint density at radius 3 is 2.44 bits per heavy atom. The molecule has 1 aromatic heterocycles. The Kier molecular flexibility index (Phi) is 4.27. The van der Waals surface area contributed by atoms with Crippen molar-refractivity contribution in [3.63, 3.8) is 0 Å². The van der Waals surface area contributed by atoms with Gasteiger partial charge in [-0.25, -0.2) is 4.98 Å². The standard InChI is InChI=1S/C13H22N4O/c1-7-17(8-9(2)3)11(18)10-14-12(16-15-10)13(4,5)6/h2,7-8H2,1,3-6H3,(H,14,15,16). The molecule has 1 aromatic rings. The van der Waals surface area contributed by atoms with Gasteiger partial charge in [0.15, 0.2) is 0 Å². The molecule has 0 aliphatic rings. The molecule has 1 N–H and O–H groups in total. The van der Waals surface area contributed by atoms with Crippen LogP contribution < -0.4 is 0 Å². The van der Waals surface area contributed by atoms with Crippen LogP contribution in [0.5, 0.6) is 0 Å². The van der Waals surface area contributed by atoms with Crippen LogP contribution in [0.25, 0.3) is 0 Å². The minimum atomic E-state index is -0.160. The van der Waals surface area contributed by atoms with Crippen LogP contribution in [0, 0.1) is 0 Å². The number of nitrogens with one attached hydrogen (secondary N) is 1. The third kappa shape index (κ3) is 3.42. The van der Waals surface area contributed by atoms with Crippen LogP contribution in [0.1, 0.15) is 51.1 Å². The molecule has 0 atom stereocenters. The van der Waals surface area contributed by atoms with Crippen LogP contribution in [0.4, 0.5) is 0 Å². The Morgan fingerprint density at radius 2 is 2.06 bits per heavy atom. The van der Waals surface area contributed by atoms with E-state index in [4.69, 9.17) is 0 Å². The van der Waals surface area contributed by atoms with Crippen LogP contribution in [0.2, 0.25) is 0 Å². The molecule has 0 spiro atoms. The zero-order chi connectivity index (χ0) is 13.9. The zero-order valence-corrected chi connectivity index (χ0v) is 11.9. The molecule has 1 rings (SSSR count). The maximum Gasteiger partial charge on any atom is 0.293 e. The van der Waals surface area contributed by atoms with Gasteiger partial charge in [0.1, 0.15) is 5.82 Å². The number of amides is 1. The summed E-state index contributed by atoms with van der Waals surface area (Å²) in [5, 5.41) is 6.83. The summed E-state index contributed by atoms with van der Waals surface area (Å²) in [4.78, 5) is 18.1. The van der Waals surface area contributed by atoms with Gasteiger partial charge in [-0.1, -0.05) is 32.9 Å². The van der Waals surface area contributed by atoms with Crippen LogP contribution in [-0.2, 0) is 5.41 Å². The summed E-state index contributed by atoms with van der Waals surface area (Å²) >= 11 is 0. The summed E-state index contributed by atoms with van der Waals surface area (Å²) in [5.41, 5.74) is 0.800. The highest BCUT2D eigenvalue weighted by atomic mass is 16.2. The molecular weight excluding hydrogens is 228 g/mol. The average Bonchev–Trinajstić information content (AvgIpc) is 2.73. The first-order chi connectivity index (χ1) is 8.25. The van der Waals surface area contributed by atoms with Crippen molar-refractivity contribution in [2.24, 2.45) is 0 Å². The van der Waals surface area contributed by atoms with Gasteiger partial charge in [0.2, 0.25) is 5.82 Å². The highest BCUT2D eigenvalue weighted by Gasteiger charge is 2.23. The summed E-state index contributed by atoms with van der Waals surface area (Å²) in [7, 11) is 0. The van der Waals surface area contributed by atoms with E-state index < -0.39 is 0 Å². The van der Waals surface area contributed by atoms with Crippen molar-refractivity contribution < 1.29 is 4.79 Å². The average molecular weight is 250 g/mol. The first-order valence-corrected chi connectivity index (χ1v) is 6.12. The minimum absolute atomic E-state index is 0.142. The minimum Gasteiger partial charge on any atom is -0.332 e. The van der Waals surface area contributed by atoms with E-state index in [1.165, 1.54) is 0 Å². The van der Waals surface area contributed by atoms with Gasteiger partial charge in [0.05, 0.1) is 0 Å². The lowest BCUT2D eigenvalue weighted by atomic mass is 9.96. The number of hydrogen-bond acceptors (Lipinski definition) is 3. The van der Waals surface area contributed by atoms with E-state index in [2.05, 4.69) is 21.8 Å². The Labute approximate surface area is 108 Å². The topological polar surface area (TPSA) is 61.9 Å². The number of aromatic amines is 1. The molecule has 0 bridgehead atoms. The molecule has 0 aromatic carbocycles. The molecule has 0 saturated heterocycles. The zero-order valence-electron chi connectivity index (χ0n) is 11.9. The monoisotopic (exact) mass is 250 g/mol. The Bertz CT molecular complexity index is 442. The number of nitrogens with zero attached hydrogens (tertiary/aromatic N) is 3. The second kappa shape index (κ2) is 5.33. The van der Waals surface area contributed by atoms with Gasteiger partial charge in [0, 0.05) is 18.5 Å². The highest BCUT2D eigenvalue weighted by molar-refractivity contribution is 5.90. The van der Waals surface area contributed by atoms with Gasteiger partial charge in [0.25, 0.3) is 5.91 Å². The van der Waals surface area contributed by atoms with Gasteiger partial charge < -0.3 is 4.90 Å². The van der Waals surface area contributed by atoms with Crippen molar-refractivity contribution >= 4 is 5.91 Å². The maximum absolute atomic E-state index is 12.2. The van der Waals surface area contributed by atoms with E-state index in [1.54, 1.807) is 4.90 Å². The van der Waals surface area contributed by atoms with E-state index in [0.717, 1.165) is 11.4 Å². The third-order valence-corrected chi connectivity index (χ3v) is 2.52. The Morgan fingerprint density at radius 1 is 1.44 bits per heavy atom. The van der Waals surface area contributed by atoms with Gasteiger partial charge in [-0.2, -0.15) is 0 Å². The second-order valence-electron chi connectivity index (χ2n) is 5.53. The number of likely N-dealkylation sites (N-methyl/N-ethyl adjacent to an activating group) is 1. The van der Waals surface area contributed by atoms with Crippen molar-refractivity contribution in [2.75, 3.05) is 13.1 Å². The summed E-state index contributed by atoms with van der Waals surface area (Å²) in [6, 6.07) is 0. The van der Waals surface area contributed by atoms with Crippen LogP contribution >= 0.6 is 0 Å². The number of rotatable bonds is 4. The van der Waals surface area contributed by atoms with Gasteiger partial charge in [-0.05, 0) is 13.8 Å². The summed E-state index contributed by atoms with van der Waals surface area (Å²) < 4.78 is 0. The predicted octanol–water partition coefficient (Wildman–Crippen LogP) is 2.14. The predicted molar refractivity (Wildman–Crippen MR) is 71.5 cm³/mol. The largest absolute Gasteiger partial charge is 0.332 e. The quantitative estimate of drug-likeness (QED) is 0.833. The molecular formula is C13H22N4O. The number of carbonyl (C=O) groups is 1. The Hall–Kier alpha value is -1.65. The lowest BCUT2D eigenvalue weighted by Gasteiger charge is -2.19. The first-order valence-electron chi connectivity index (χ1n) is 6.12. The summed E-state index contributed by atoms with van der Waals surface area (Å²) in [6.07, 6.45) is 0. The second-order valence-corrected chi connectivity index (χ2v) is 5.53. The molecule has 1 amide bonds. The maximum atomic E-state index is 12.2. The van der Waals surface area contributed by atoms with Crippen LogP contribution in [0.3, 0.4) is 0 Å². The van der Waals surface area contributed by atoms with E-state index in [0.29, 0.717) is 13.1 Å². The van der Waals surface area contributed by atoms with Gasteiger partial charge in [-0.3, -0.25) is 9.89 Å². The fraction of sp³-hybridized carbons (Fsp3) is 0.615. The smallest absolute Gasteiger partial charge is 0.293 e. The number of hydrogen-bond donors (Lipinski definition) is 1. The highest BCUT2D eigenvalue weighted by Crippen LogP contribution is 2.17. The molecule has 0 fully saturated rings. The van der Waals surface area contributed by atoms with Crippen molar-refractivity contribution in [3.8, 4) is 0 Å². The molecule has 5 nitrogen and oxygen atoms in total. The fourth-order valence-electron chi connectivity index (χ4n) is 1.49.